The van der Waals surface area contributed by atoms with E-state index in [2.05, 4.69) is 20.5 Å². The lowest BCUT2D eigenvalue weighted by Crippen LogP contribution is -2.03. The maximum absolute atomic E-state index is 12.0. The lowest BCUT2D eigenvalue weighted by atomic mass is 10.0. The summed E-state index contributed by atoms with van der Waals surface area (Å²) >= 11 is 1.05. The van der Waals surface area contributed by atoms with E-state index in [-0.39, 0.29) is 10.6 Å². The maximum atomic E-state index is 12.0. The van der Waals surface area contributed by atoms with Gasteiger partial charge in [-0.1, -0.05) is 41.2 Å². The third-order valence-corrected chi connectivity index (χ3v) is 5.07. The van der Waals surface area contributed by atoms with Gasteiger partial charge in [0.05, 0.1) is 16.0 Å². The van der Waals surface area contributed by atoms with Gasteiger partial charge < -0.3 is 5.32 Å². The minimum absolute atomic E-state index is 0.0236. The van der Waals surface area contributed by atoms with Crippen LogP contribution in [0, 0.1) is 17.0 Å². The van der Waals surface area contributed by atoms with Crippen LogP contribution in [0.3, 0.4) is 0 Å². The average Bonchev–Trinajstić information content (AvgIpc) is 3.30. The summed E-state index contributed by atoms with van der Waals surface area (Å²) in [6.07, 6.45) is 3.35. The molecule has 144 valence electrons. The number of nitro benzene ring substituents is 1. The number of hydrogen-bond acceptors (Lipinski definition) is 7. The summed E-state index contributed by atoms with van der Waals surface area (Å²) in [4.78, 5) is 25.8. The number of non-ortho nitro benzene ring substituents is 1. The third-order valence-electron chi connectivity index (χ3n) is 4.24. The van der Waals surface area contributed by atoms with Crippen LogP contribution in [0.2, 0.25) is 0 Å². The van der Waals surface area contributed by atoms with Crippen LogP contribution in [0.1, 0.15) is 16.0 Å². The van der Waals surface area contributed by atoms with Crippen LogP contribution in [0.25, 0.3) is 6.08 Å². The first-order valence-corrected chi connectivity index (χ1v) is 9.46. The van der Waals surface area contributed by atoms with Crippen molar-refractivity contribution in [1.82, 2.24) is 4.98 Å². The molecule has 2 N–H and O–H groups in total. The Morgan fingerprint density at radius 3 is 2.76 bits per heavy atom. The van der Waals surface area contributed by atoms with Gasteiger partial charge in [0, 0.05) is 29.0 Å². The van der Waals surface area contributed by atoms with E-state index in [1.807, 2.05) is 31.2 Å². The first-order chi connectivity index (χ1) is 14.0. The van der Waals surface area contributed by atoms with E-state index in [1.54, 1.807) is 24.4 Å². The van der Waals surface area contributed by atoms with E-state index in [1.165, 1.54) is 12.1 Å². The Bertz CT molecular complexity index is 1240. The Balaban J connectivity index is 1.67. The highest BCUT2D eigenvalue weighted by atomic mass is 32.1. The van der Waals surface area contributed by atoms with E-state index in [0.29, 0.717) is 27.5 Å². The number of aromatic nitrogens is 1. The van der Waals surface area contributed by atoms with E-state index in [4.69, 9.17) is 0 Å². The molecule has 29 heavy (non-hydrogen) atoms. The fourth-order valence-corrected chi connectivity index (χ4v) is 3.56. The number of aryl methyl sites for hydroxylation is 1. The molecule has 0 bridgehead atoms. The molecular formula is C20H15N5O3S. The summed E-state index contributed by atoms with van der Waals surface area (Å²) in [7, 11) is 0. The molecule has 0 fully saturated rings. The van der Waals surface area contributed by atoms with Crippen LogP contribution >= 0.6 is 11.3 Å². The predicted molar refractivity (Wildman–Crippen MR) is 116 cm³/mol. The van der Waals surface area contributed by atoms with Crippen molar-refractivity contribution in [2.45, 2.75) is 6.92 Å². The van der Waals surface area contributed by atoms with Crippen LogP contribution in [-0.4, -0.2) is 21.8 Å². The highest BCUT2D eigenvalue weighted by Crippen LogP contribution is 2.26. The molecule has 1 aliphatic rings. The molecule has 8 nitrogen and oxygen atoms in total. The number of nitrogens with zero attached hydrogens (tertiary/aromatic N) is 3. The Kier molecular flexibility index (Phi) is 4.88. The molecular weight excluding hydrogens is 390 g/mol. The number of nitrogens with one attached hydrogen (secondary N) is 2. The van der Waals surface area contributed by atoms with Crippen molar-refractivity contribution in [2.24, 2.45) is 10.2 Å². The zero-order valence-electron chi connectivity index (χ0n) is 15.2. The van der Waals surface area contributed by atoms with Crippen molar-refractivity contribution < 1.29 is 4.92 Å². The highest BCUT2D eigenvalue weighted by molar-refractivity contribution is 7.10. The van der Waals surface area contributed by atoms with Crippen molar-refractivity contribution in [1.29, 1.82) is 0 Å². The fourth-order valence-electron chi connectivity index (χ4n) is 2.82. The quantitative estimate of drug-likeness (QED) is 0.487. The van der Waals surface area contributed by atoms with Gasteiger partial charge in [0.1, 0.15) is 11.5 Å². The molecule has 2 aromatic carbocycles. The van der Waals surface area contributed by atoms with E-state index < -0.39 is 4.92 Å². The van der Waals surface area contributed by atoms with Crippen molar-refractivity contribution >= 4 is 46.5 Å². The number of H-pyrrole nitrogens is 1. The van der Waals surface area contributed by atoms with Gasteiger partial charge in [0.15, 0.2) is 0 Å². The summed E-state index contributed by atoms with van der Waals surface area (Å²) in [6, 6.07) is 14.0. The number of rotatable bonds is 5. The number of allylic oxidation sites excluding steroid dienone is 1. The Labute approximate surface area is 169 Å². The molecule has 1 aliphatic heterocycles. The summed E-state index contributed by atoms with van der Waals surface area (Å²) in [5.74, 6) is 0.565. The number of hydrogen-bond donors (Lipinski definition) is 2. The van der Waals surface area contributed by atoms with Crippen LogP contribution in [0.4, 0.5) is 17.2 Å². The number of anilines is 2. The van der Waals surface area contributed by atoms with Crippen LogP contribution in [0.5, 0.6) is 0 Å². The maximum Gasteiger partial charge on any atom is 0.306 e. The molecule has 0 unspecified atom stereocenters. The van der Waals surface area contributed by atoms with Crippen LogP contribution < -0.4 is 10.2 Å². The number of thiazole rings is 1. The van der Waals surface area contributed by atoms with Crippen LogP contribution in [-0.2, 0) is 0 Å². The molecule has 0 saturated carbocycles. The Hall–Kier alpha value is -3.85. The van der Waals surface area contributed by atoms with E-state index in [9.17, 15) is 14.9 Å². The topological polar surface area (TPSA) is 113 Å². The molecule has 0 radical (unpaired) electrons. The molecule has 1 aromatic heterocycles. The van der Waals surface area contributed by atoms with Crippen molar-refractivity contribution in [2.75, 3.05) is 5.32 Å². The predicted octanol–water partition coefficient (Wildman–Crippen LogP) is 4.27. The Morgan fingerprint density at radius 1 is 1.21 bits per heavy atom. The van der Waals surface area contributed by atoms with E-state index >= 15 is 0 Å². The molecule has 3 aromatic rings. The normalized spacial score (nSPS) is 14.2. The van der Waals surface area contributed by atoms with Gasteiger partial charge in [-0.2, -0.15) is 5.10 Å². The number of benzene rings is 2. The standard InChI is InChI=1S/C20H15N5O3S/c1-12-5-7-15(8-6-12)22-19-17(29-20(26)23-19)10-14-11-21-24-18(14)13-3-2-4-16(9-13)25(27)28/h2-11,22H,1H3,(H,23,26)/b14-10+. The zero-order valence-corrected chi connectivity index (χ0v) is 16.1. The fraction of sp³-hybridized carbons (Fsp3) is 0.0500. The van der Waals surface area contributed by atoms with Gasteiger partial charge in [-0.25, -0.2) is 0 Å². The average molecular weight is 405 g/mol. The molecule has 9 heteroatoms. The summed E-state index contributed by atoms with van der Waals surface area (Å²) in [5.41, 5.74) is 3.71. The van der Waals surface area contributed by atoms with Gasteiger partial charge >= 0.3 is 4.87 Å². The van der Waals surface area contributed by atoms with Gasteiger partial charge in [-0.05, 0) is 25.1 Å². The third kappa shape index (κ3) is 4.04. The zero-order chi connectivity index (χ0) is 20.4. The molecule has 0 saturated heterocycles. The minimum Gasteiger partial charge on any atom is -0.341 e. The molecule has 4 rings (SSSR count). The van der Waals surface area contributed by atoms with Gasteiger partial charge in [0.25, 0.3) is 5.69 Å². The summed E-state index contributed by atoms with van der Waals surface area (Å²) in [5, 5.41) is 22.3. The Morgan fingerprint density at radius 2 is 2.00 bits per heavy atom. The first kappa shape index (κ1) is 18.5. The molecule has 0 aliphatic carbocycles. The van der Waals surface area contributed by atoms with Crippen molar-refractivity contribution in [3.05, 3.63) is 89.9 Å². The molecule has 0 amide bonds. The molecule has 2 heterocycles. The lowest BCUT2D eigenvalue weighted by molar-refractivity contribution is -0.384. The number of nitro groups is 1. The van der Waals surface area contributed by atoms with E-state index in [0.717, 1.165) is 22.6 Å². The lowest BCUT2D eigenvalue weighted by Gasteiger charge is -2.06. The molecule has 0 spiro atoms. The van der Waals surface area contributed by atoms with Gasteiger partial charge in [0.2, 0.25) is 0 Å². The SMILES string of the molecule is Cc1ccc(Nc2[nH]c(=O)sc2/C=C2\C=NN=C2c2cccc([N+](=O)[O-])c2)cc1. The van der Waals surface area contributed by atoms with Gasteiger partial charge in [-0.3, -0.25) is 19.9 Å². The largest absolute Gasteiger partial charge is 0.341 e. The summed E-state index contributed by atoms with van der Waals surface area (Å²) in [6.45, 7) is 2.00. The van der Waals surface area contributed by atoms with Crippen molar-refractivity contribution in [3.8, 4) is 0 Å². The summed E-state index contributed by atoms with van der Waals surface area (Å²) < 4.78 is 0. The first-order valence-electron chi connectivity index (χ1n) is 8.64. The van der Waals surface area contributed by atoms with Gasteiger partial charge in [-0.15, -0.1) is 5.10 Å². The second-order valence-electron chi connectivity index (χ2n) is 6.35. The smallest absolute Gasteiger partial charge is 0.306 e. The van der Waals surface area contributed by atoms with Crippen LogP contribution in [0.15, 0.2) is 69.1 Å². The van der Waals surface area contributed by atoms with Crippen molar-refractivity contribution in [3.63, 3.8) is 0 Å². The minimum atomic E-state index is -0.454. The monoisotopic (exact) mass is 405 g/mol. The highest BCUT2D eigenvalue weighted by Gasteiger charge is 2.18. The second-order valence-corrected chi connectivity index (χ2v) is 7.36. The molecule has 0 atom stereocenters. The second kappa shape index (κ2) is 7.64. The number of aromatic amines is 1.